The van der Waals surface area contributed by atoms with Crippen LogP contribution < -0.4 is 5.32 Å². The van der Waals surface area contributed by atoms with Crippen LogP contribution in [0.5, 0.6) is 0 Å². The summed E-state index contributed by atoms with van der Waals surface area (Å²) in [7, 11) is 1.72. The van der Waals surface area contributed by atoms with Crippen LogP contribution in [0, 0.1) is 17.2 Å². The topological polar surface area (TPSA) is 39.1 Å². The zero-order valence-corrected chi connectivity index (χ0v) is 12.0. The van der Waals surface area contributed by atoms with Crippen molar-refractivity contribution in [1.29, 1.82) is 5.26 Å². The van der Waals surface area contributed by atoms with Crippen molar-refractivity contribution in [2.75, 3.05) is 26.7 Å². The highest BCUT2D eigenvalue weighted by molar-refractivity contribution is 5.14. The molecular formula is C14H25F2N3. The van der Waals surface area contributed by atoms with Crippen molar-refractivity contribution in [2.45, 2.75) is 51.0 Å². The molecule has 1 fully saturated rings. The molecule has 19 heavy (non-hydrogen) atoms. The van der Waals surface area contributed by atoms with Crippen LogP contribution in [0.25, 0.3) is 0 Å². The van der Waals surface area contributed by atoms with E-state index in [0.29, 0.717) is 6.54 Å². The van der Waals surface area contributed by atoms with E-state index >= 15 is 0 Å². The Morgan fingerprint density at radius 1 is 1.53 bits per heavy atom. The van der Waals surface area contributed by atoms with Crippen LogP contribution in [-0.2, 0) is 0 Å². The minimum Gasteiger partial charge on any atom is -0.301 e. The highest BCUT2D eigenvalue weighted by atomic mass is 19.3. The Bertz CT molecular complexity index is 304. The quantitative estimate of drug-likeness (QED) is 0.739. The minimum atomic E-state index is -2.28. The molecule has 0 radical (unpaired) electrons. The van der Waals surface area contributed by atoms with Gasteiger partial charge < -0.3 is 4.90 Å². The van der Waals surface area contributed by atoms with Gasteiger partial charge in [0.15, 0.2) is 0 Å². The number of halogens is 2. The zero-order chi connectivity index (χ0) is 14.3. The van der Waals surface area contributed by atoms with Gasteiger partial charge in [-0.3, -0.25) is 5.32 Å². The van der Waals surface area contributed by atoms with Crippen LogP contribution in [-0.4, -0.2) is 43.5 Å². The molecule has 1 N–H and O–H groups in total. The smallest absolute Gasteiger partial charge is 0.251 e. The molecule has 3 nitrogen and oxygen atoms in total. The van der Waals surface area contributed by atoms with E-state index in [1.54, 1.807) is 11.9 Å². The van der Waals surface area contributed by atoms with Crippen molar-refractivity contribution in [3.8, 4) is 6.07 Å². The minimum absolute atomic E-state index is 0.186. The van der Waals surface area contributed by atoms with E-state index in [4.69, 9.17) is 0 Å². The van der Waals surface area contributed by atoms with Crippen LogP contribution in [0.15, 0.2) is 0 Å². The largest absolute Gasteiger partial charge is 0.301 e. The highest BCUT2D eigenvalue weighted by Gasteiger charge is 2.42. The van der Waals surface area contributed by atoms with Gasteiger partial charge in [-0.15, -0.1) is 0 Å². The van der Waals surface area contributed by atoms with Crippen molar-refractivity contribution < 1.29 is 8.78 Å². The molecule has 0 saturated heterocycles. The molecule has 0 bridgehead atoms. The van der Waals surface area contributed by atoms with E-state index in [9.17, 15) is 14.0 Å². The molecule has 0 aromatic heterocycles. The molecule has 1 aliphatic rings. The monoisotopic (exact) mass is 273 g/mol. The summed E-state index contributed by atoms with van der Waals surface area (Å²) >= 11 is 0. The van der Waals surface area contributed by atoms with E-state index in [2.05, 4.69) is 18.3 Å². The summed E-state index contributed by atoms with van der Waals surface area (Å²) in [5, 5.41) is 12.9. The molecule has 0 aromatic rings. The molecule has 1 saturated carbocycles. The standard InChI is InChI=1S/C14H25F2N3/c1-3-8-18-14(11-17)7-4-5-12(14)6-9-19(2)10-13(15)16/h12-13,18H,3-10H2,1-2H3. The first kappa shape index (κ1) is 16.3. The van der Waals surface area contributed by atoms with Gasteiger partial charge in [-0.05, 0) is 51.7 Å². The van der Waals surface area contributed by atoms with Crippen molar-refractivity contribution >= 4 is 0 Å². The number of hydrogen-bond donors (Lipinski definition) is 1. The molecule has 1 aliphatic carbocycles. The van der Waals surface area contributed by atoms with Gasteiger partial charge in [0.1, 0.15) is 5.54 Å². The Kier molecular flexibility index (Phi) is 6.67. The molecule has 0 spiro atoms. The summed E-state index contributed by atoms with van der Waals surface area (Å²) in [4.78, 5) is 1.66. The van der Waals surface area contributed by atoms with Gasteiger partial charge in [-0.2, -0.15) is 5.26 Å². The number of nitrogens with zero attached hydrogens (tertiary/aromatic N) is 2. The lowest BCUT2D eigenvalue weighted by Crippen LogP contribution is -2.48. The fraction of sp³-hybridized carbons (Fsp3) is 0.929. The van der Waals surface area contributed by atoms with E-state index < -0.39 is 12.0 Å². The fourth-order valence-corrected chi connectivity index (χ4v) is 2.94. The van der Waals surface area contributed by atoms with Gasteiger partial charge in [-0.25, -0.2) is 8.78 Å². The lowest BCUT2D eigenvalue weighted by atomic mass is 9.85. The zero-order valence-electron chi connectivity index (χ0n) is 12.0. The van der Waals surface area contributed by atoms with Crippen molar-refractivity contribution in [2.24, 2.45) is 5.92 Å². The molecule has 0 amide bonds. The summed E-state index contributed by atoms with van der Waals surface area (Å²) < 4.78 is 24.5. The maximum absolute atomic E-state index is 12.3. The first-order valence-corrected chi connectivity index (χ1v) is 7.17. The van der Waals surface area contributed by atoms with E-state index in [1.165, 1.54) is 0 Å². The van der Waals surface area contributed by atoms with Crippen LogP contribution in [0.1, 0.15) is 39.0 Å². The van der Waals surface area contributed by atoms with Crippen LogP contribution >= 0.6 is 0 Å². The Balaban J connectivity index is 2.49. The summed E-state index contributed by atoms with van der Waals surface area (Å²) in [5.41, 5.74) is -0.429. The van der Waals surface area contributed by atoms with Gasteiger partial charge in [-0.1, -0.05) is 13.3 Å². The third kappa shape index (κ3) is 4.70. The predicted octanol–water partition coefficient (Wildman–Crippen LogP) is 2.64. The van der Waals surface area contributed by atoms with Gasteiger partial charge >= 0.3 is 0 Å². The van der Waals surface area contributed by atoms with Crippen LogP contribution in [0.3, 0.4) is 0 Å². The molecule has 5 heteroatoms. The summed E-state index contributed by atoms with van der Waals surface area (Å²) in [6.07, 6.45) is 2.48. The SMILES string of the molecule is CCCNC1(C#N)CCCC1CCN(C)CC(F)F. The third-order valence-electron chi connectivity index (χ3n) is 4.02. The molecule has 0 heterocycles. The fourth-order valence-electron chi connectivity index (χ4n) is 2.94. The first-order valence-electron chi connectivity index (χ1n) is 7.17. The van der Waals surface area contributed by atoms with Crippen molar-refractivity contribution in [1.82, 2.24) is 10.2 Å². The second-order valence-electron chi connectivity index (χ2n) is 5.54. The number of hydrogen-bond acceptors (Lipinski definition) is 3. The van der Waals surface area contributed by atoms with Gasteiger partial charge in [0.05, 0.1) is 12.6 Å². The van der Waals surface area contributed by atoms with Crippen LogP contribution in [0.4, 0.5) is 8.78 Å². The number of rotatable bonds is 8. The van der Waals surface area contributed by atoms with Crippen molar-refractivity contribution in [3.63, 3.8) is 0 Å². The second-order valence-corrected chi connectivity index (χ2v) is 5.54. The van der Waals surface area contributed by atoms with E-state index in [0.717, 1.165) is 38.6 Å². The molecule has 2 atom stereocenters. The lowest BCUT2D eigenvalue weighted by molar-refractivity contribution is 0.0960. The number of nitrogens with one attached hydrogen (secondary N) is 1. The van der Waals surface area contributed by atoms with Gasteiger partial charge in [0, 0.05) is 0 Å². The van der Waals surface area contributed by atoms with Gasteiger partial charge in [0.2, 0.25) is 0 Å². The van der Waals surface area contributed by atoms with Gasteiger partial charge in [0.25, 0.3) is 6.43 Å². The van der Waals surface area contributed by atoms with Crippen LogP contribution in [0.2, 0.25) is 0 Å². The maximum Gasteiger partial charge on any atom is 0.251 e. The lowest BCUT2D eigenvalue weighted by Gasteiger charge is -2.31. The van der Waals surface area contributed by atoms with E-state index in [-0.39, 0.29) is 12.5 Å². The maximum atomic E-state index is 12.3. The Labute approximate surface area is 115 Å². The summed E-state index contributed by atoms with van der Waals surface area (Å²) in [6.45, 7) is 3.37. The molecular weight excluding hydrogens is 248 g/mol. The molecule has 0 aliphatic heterocycles. The van der Waals surface area contributed by atoms with E-state index in [1.807, 2.05) is 0 Å². The Morgan fingerprint density at radius 3 is 2.84 bits per heavy atom. The summed E-state index contributed by atoms with van der Waals surface area (Å²) in [6, 6.07) is 2.45. The second kappa shape index (κ2) is 7.76. The Hall–Kier alpha value is -0.730. The highest BCUT2D eigenvalue weighted by Crippen LogP contribution is 2.37. The average Bonchev–Trinajstić information content (AvgIpc) is 2.76. The third-order valence-corrected chi connectivity index (χ3v) is 4.02. The summed E-state index contributed by atoms with van der Waals surface area (Å²) in [5.74, 6) is 0.282. The number of nitriles is 1. The predicted molar refractivity (Wildman–Crippen MR) is 72.1 cm³/mol. The molecule has 0 aromatic carbocycles. The number of alkyl halides is 2. The average molecular weight is 273 g/mol. The molecule has 110 valence electrons. The normalized spacial score (nSPS) is 27.1. The van der Waals surface area contributed by atoms with Crippen molar-refractivity contribution in [3.05, 3.63) is 0 Å². The first-order chi connectivity index (χ1) is 9.04. The molecule has 2 unspecified atom stereocenters. The molecule has 1 rings (SSSR count). The Morgan fingerprint density at radius 2 is 2.26 bits per heavy atom.